The normalized spacial score (nSPS) is 13.7. The second-order valence-electron chi connectivity index (χ2n) is 13.6. The predicted molar refractivity (Wildman–Crippen MR) is 166 cm³/mol. The molecule has 0 saturated carbocycles. The molecule has 1 aromatic rings. The number of phenolic OH excluding ortho intramolecular Hbond substituents is 1. The molecule has 1 aromatic carbocycles. The van der Waals surface area contributed by atoms with Gasteiger partial charge in [-0.1, -0.05) is 151 Å². The number of hydrogen-bond acceptors (Lipinski definition) is 3. The second-order valence-corrected chi connectivity index (χ2v) is 14.8. The highest BCUT2D eigenvalue weighted by molar-refractivity contribution is 7.46. The van der Waals surface area contributed by atoms with E-state index in [0.717, 1.165) is 36.0 Å². The molecule has 0 fully saturated rings. The van der Waals surface area contributed by atoms with Crippen LogP contribution in [0.4, 0.5) is 0 Å². The molecule has 0 spiro atoms. The predicted octanol–water partition coefficient (Wildman–Crippen LogP) is 10.8. The summed E-state index contributed by atoms with van der Waals surface area (Å²) in [5, 5.41) is 11.0. The third-order valence-corrected chi connectivity index (χ3v) is 8.23. The van der Waals surface area contributed by atoms with Crippen LogP contribution in [0, 0.1) is 0 Å². The summed E-state index contributed by atoms with van der Waals surface area (Å²) < 4.78 is 17.1. The molecule has 1 rings (SSSR count). The Morgan fingerprint density at radius 1 is 0.667 bits per heavy atom. The Labute approximate surface area is 240 Å². The van der Waals surface area contributed by atoms with Crippen molar-refractivity contribution in [3.05, 3.63) is 28.8 Å². The zero-order chi connectivity index (χ0) is 29.5. The van der Waals surface area contributed by atoms with Crippen LogP contribution in [0.2, 0.25) is 0 Å². The van der Waals surface area contributed by atoms with Gasteiger partial charge in [0.1, 0.15) is 5.75 Å². The fourth-order valence-corrected chi connectivity index (χ4v) is 5.87. The van der Waals surface area contributed by atoms with Gasteiger partial charge >= 0.3 is 7.82 Å². The smallest absolute Gasteiger partial charge is 0.470 e. The van der Waals surface area contributed by atoms with Gasteiger partial charge in [-0.15, -0.1) is 0 Å². The molecule has 0 aliphatic carbocycles. The molecule has 3 N–H and O–H groups in total. The minimum atomic E-state index is -4.66. The maximum atomic E-state index is 11.8. The van der Waals surface area contributed by atoms with Crippen molar-refractivity contribution in [3.63, 3.8) is 0 Å². The van der Waals surface area contributed by atoms with Crippen LogP contribution in [0.25, 0.3) is 0 Å². The monoisotopic (exact) mass is 568 g/mol. The molecule has 0 bridgehead atoms. The lowest BCUT2D eigenvalue weighted by Crippen LogP contribution is -2.19. The van der Waals surface area contributed by atoms with E-state index in [2.05, 4.69) is 6.92 Å². The lowest BCUT2D eigenvalue weighted by molar-refractivity contribution is 0.124. The average molecular weight is 569 g/mol. The first-order chi connectivity index (χ1) is 18.2. The van der Waals surface area contributed by atoms with Crippen LogP contribution in [0.15, 0.2) is 12.1 Å². The fourth-order valence-electron chi connectivity index (χ4n) is 5.31. The van der Waals surface area contributed by atoms with Crippen molar-refractivity contribution >= 4 is 7.82 Å². The average Bonchev–Trinajstić information content (AvgIpc) is 2.81. The highest BCUT2D eigenvalue weighted by atomic mass is 31.2. The highest BCUT2D eigenvalue weighted by Crippen LogP contribution is 2.47. The van der Waals surface area contributed by atoms with Crippen LogP contribution in [0.5, 0.6) is 5.75 Å². The van der Waals surface area contributed by atoms with E-state index in [9.17, 15) is 19.5 Å². The number of phosphoric ester groups is 1. The van der Waals surface area contributed by atoms with Crippen molar-refractivity contribution in [2.75, 3.05) is 0 Å². The van der Waals surface area contributed by atoms with Crippen LogP contribution in [-0.2, 0) is 19.9 Å². The first kappa shape index (κ1) is 36.2. The van der Waals surface area contributed by atoms with E-state index in [1.54, 1.807) is 0 Å². The molecule has 0 saturated heterocycles. The van der Waals surface area contributed by atoms with Gasteiger partial charge in [-0.3, -0.25) is 4.52 Å². The van der Waals surface area contributed by atoms with E-state index in [4.69, 9.17) is 4.52 Å². The number of hydrogen-bond donors (Lipinski definition) is 3. The van der Waals surface area contributed by atoms with Crippen molar-refractivity contribution in [2.45, 2.75) is 175 Å². The Bertz CT molecular complexity index is 812. The van der Waals surface area contributed by atoms with Gasteiger partial charge in [0.25, 0.3) is 0 Å². The van der Waals surface area contributed by atoms with Crippen molar-refractivity contribution < 1.29 is 24.0 Å². The Morgan fingerprint density at radius 2 is 1.00 bits per heavy atom. The summed E-state index contributed by atoms with van der Waals surface area (Å²) in [7, 11) is -4.66. The zero-order valence-corrected chi connectivity index (χ0v) is 27.3. The van der Waals surface area contributed by atoms with Gasteiger partial charge in [0.05, 0.1) is 6.10 Å². The molecule has 0 aromatic heterocycles. The van der Waals surface area contributed by atoms with Gasteiger partial charge in [-0.25, -0.2) is 4.57 Å². The van der Waals surface area contributed by atoms with Gasteiger partial charge in [-0.2, -0.15) is 0 Å². The lowest BCUT2D eigenvalue weighted by Gasteiger charge is -2.30. The first-order valence-corrected chi connectivity index (χ1v) is 17.3. The van der Waals surface area contributed by atoms with E-state index in [-0.39, 0.29) is 16.6 Å². The van der Waals surface area contributed by atoms with Crippen molar-refractivity contribution in [1.82, 2.24) is 0 Å². The third-order valence-electron chi connectivity index (χ3n) is 7.70. The summed E-state index contributed by atoms with van der Waals surface area (Å²) in [5.74, 6) is 0.260. The van der Waals surface area contributed by atoms with E-state index in [0.29, 0.717) is 6.42 Å². The SMILES string of the molecule is CCCCCCCCCCCCCCCCCCC(OP(=O)(O)O)c1cc(C(C)(C)C)c(O)c(C(C)(C)C)c1. The fraction of sp³-hybridized carbons (Fsp3) is 0.818. The summed E-state index contributed by atoms with van der Waals surface area (Å²) >= 11 is 0. The molecule has 0 aliphatic rings. The van der Waals surface area contributed by atoms with Crippen molar-refractivity contribution in [2.24, 2.45) is 0 Å². The minimum Gasteiger partial charge on any atom is -0.507 e. The molecule has 39 heavy (non-hydrogen) atoms. The van der Waals surface area contributed by atoms with Crippen LogP contribution < -0.4 is 0 Å². The summed E-state index contributed by atoms with van der Waals surface area (Å²) in [6, 6.07) is 3.74. The molecule has 5 nitrogen and oxygen atoms in total. The van der Waals surface area contributed by atoms with E-state index in [1.807, 2.05) is 53.7 Å². The zero-order valence-electron chi connectivity index (χ0n) is 26.4. The van der Waals surface area contributed by atoms with Crippen molar-refractivity contribution in [1.29, 1.82) is 0 Å². The van der Waals surface area contributed by atoms with E-state index in [1.165, 1.54) is 83.5 Å². The van der Waals surface area contributed by atoms with Crippen LogP contribution in [-0.4, -0.2) is 14.9 Å². The first-order valence-electron chi connectivity index (χ1n) is 15.8. The molecule has 1 unspecified atom stereocenters. The van der Waals surface area contributed by atoms with Gasteiger partial charge in [0.2, 0.25) is 0 Å². The number of rotatable bonds is 20. The van der Waals surface area contributed by atoms with E-state index >= 15 is 0 Å². The molecule has 228 valence electrons. The number of benzene rings is 1. The van der Waals surface area contributed by atoms with E-state index < -0.39 is 13.9 Å². The molecular weight excluding hydrogens is 507 g/mol. The molecule has 0 radical (unpaired) electrons. The molecular formula is C33H61O5P. The number of phenols is 1. The maximum absolute atomic E-state index is 11.8. The Hall–Kier alpha value is -0.870. The summed E-state index contributed by atoms with van der Waals surface area (Å²) in [6.07, 6.45) is 20.4. The Morgan fingerprint density at radius 3 is 1.31 bits per heavy atom. The Balaban J connectivity index is 2.52. The molecule has 0 aliphatic heterocycles. The molecule has 0 amide bonds. The maximum Gasteiger partial charge on any atom is 0.470 e. The minimum absolute atomic E-state index is 0.260. The standard InChI is InChI=1S/C33H61O5P/c1-8-9-10-11-12-13-14-15-16-17-18-19-20-21-22-23-24-30(38-39(35,36)37)27-25-28(32(2,3)4)31(34)29(26-27)33(5,6)7/h25-26,30,34H,8-24H2,1-7H3,(H2,35,36,37). The molecule has 0 heterocycles. The molecule has 6 heteroatoms. The van der Waals surface area contributed by atoms with Gasteiger partial charge in [-0.05, 0) is 46.1 Å². The third kappa shape index (κ3) is 15.6. The number of aromatic hydroxyl groups is 1. The number of phosphoric acid groups is 1. The van der Waals surface area contributed by atoms with Crippen LogP contribution >= 0.6 is 7.82 Å². The van der Waals surface area contributed by atoms with Gasteiger partial charge < -0.3 is 14.9 Å². The van der Waals surface area contributed by atoms with Crippen molar-refractivity contribution in [3.8, 4) is 5.75 Å². The Kier molecular flexibility index (Phi) is 16.5. The topological polar surface area (TPSA) is 87.0 Å². The molecule has 1 atom stereocenters. The highest BCUT2D eigenvalue weighted by Gasteiger charge is 2.30. The summed E-state index contributed by atoms with van der Waals surface area (Å²) in [6.45, 7) is 14.5. The van der Waals surface area contributed by atoms with Gasteiger partial charge in [0, 0.05) is 0 Å². The second kappa shape index (κ2) is 17.8. The van der Waals surface area contributed by atoms with Crippen LogP contribution in [0.3, 0.4) is 0 Å². The van der Waals surface area contributed by atoms with Gasteiger partial charge in [0.15, 0.2) is 0 Å². The van der Waals surface area contributed by atoms with Crippen LogP contribution in [0.1, 0.15) is 180 Å². The lowest BCUT2D eigenvalue weighted by atomic mass is 9.77. The summed E-state index contributed by atoms with van der Waals surface area (Å²) in [5.41, 5.74) is 1.64. The number of unbranched alkanes of at least 4 members (excludes halogenated alkanes) is 15. The largest absolute Gasteiger partial charge is 0.507 e. The summed E-state index contributed by atoms with van der Waals surface area (Å²) in [4.78, 5) is 19.3. The quantitative estimate of drug-likeness (QED) is 0.108.